The predicted octanol–water partition coefficient (Wildman–Crippen LogP) is 3.28. The normalized spacial score (nSPS) is 21.4. The van der Waals surface area contributed by atoms with E-state index in [1.807, 2.05) is 0 Å². The van der Waals surface area contributed by atoms with Gasteiger partial charge in [-0.1, -0.05) is 23.7 Å². The lowest BCUT2D eigenvalue weighted by Gasteiger charge is -2.25. The molecule has 1 aliphatic rings. The molecule has 0 aromatic heterocycles. The van der Waals surface area contributed by atoms with Gasteiger partial charge < -0.3 is 4.74 Å². The number of alkyl halides is 2. The number of hydrogen-bond donors (Lipinski definition) is 0. The van der Waals surface area contributed by atoms with Crippen molar-refractivity contribution in [2.24, 2.45) is 5.41 Å². The van der Waals surface area contributed by atoms with Crippen LogP contribution in [-0.2, 0) is 16.0 Å². The summed E-state index contributed by atoms with van der Waals surface area (Å²) >= 11 is 5.93. The summed E-state index contributed by atoms with van der Waals surface area (Å²) in [6, 6.07) is 4.40. The monoisotopic (exact) mass is 302 g/mol. The Morgan fingerprint density at radius 2 is 2.05 bits per heavy atom. The number of carbonyl (C=O) groups excluding carboxylic acids is 2. The van der Waals surface area contributed by atoms with E-state index in [-0.39, 0.29) is 16.1 Å². The Hall–Kier alpha value is -1.49. The number of rotatable bonds is 3. The molecule has 0 bridgehead atoms. The molecule has 1 aliphatic carbocycles. The van der Waals surface area contributed by atoms with Crippen LogP contribution in [0.4, 0.5) is 8.78 Å². The van der Waals surface area contributed by atoms with Crippen LogP contribution >= 0.6 is 11.6 Å². The predicted molar refractivity (Wildman–Crippen MR) is 69.2 cm³/mol. The van der Waals surface area contributed by atoms with Gasteiger partial charge in [-0.15, -0.1) is 0 Å². The zero-order valence-corrected chi connectivity index (χ0v) is 11.7. The van der Waals surface area contributed by atoms with Crippen molar-refractivity contribution in [2.45, 2.75) is 32.8 Å². The molecule has 2 rings (SSSR count). The summed E-state index contributed by atoms with van der Waals surface area (Å²) in [5, 5.41) is 0.204. The molecular weight excluding hydrogens is 290 g/mol. The first-order valence-electron chi connectivity index (χ1n) is 6.12. The molecule has 0 aliphatic heterocycles. The second-order valence-electron chi connectivity index (χ2n) is 5.00. The van der Waals surface area contributed by atoms with Crippen LogP contribution in [0, 0.1) is 5.41 Å². The van der Waals surface area contributed by atoms with E-state index >= 15 is 0 Å². The van der Waals surface area contributed by atoms with Crippen LogP contribution in [0.3, 0.4) is 0 Å². The number of ketones is 1. The molecule has 0 radical (unpaired) electrons. The molecule has 0 saturated heterocycles. The van der Waals surface area contributed by atoms with Crippen LogP contribution in [0.25, 0.3) is 0 Å². The standard InChI is InChI=1S/C14H13ClF2O3/c1-7(2)20-13(19)14(12(16)17)6-9-8(11(14)18)4-3-5-10(9)15/h3-5,7,12H,6H2,1-2H3. The lowest BCUT2D eigenvalue weighted by molar-refractivity contribution is -0.164. The molecule has 0 saturated carbocycles. The van der Waals surface area contributed by atoms with Crippen molar-refractivity contribution < 1.29 is 23.1 Å². The molecule has 1 aromatic carbocycles. The number of halogens is 3. The summed E-state index contributed by atoms with van der Waals surface area (Å²) in [5.74, 6) is -2.12. The van der Waals surface area contributed by atoms with Gasteiger partial charge in [0.05, 0.1) is 6.10 Å². The van der Waals surface area contributed by atoms with Gasteiger partial charge in [0.2, 0.25) is 0 Å². The molecule has 1 unspecified atom stereocenters. The first-order chi connectivity index (χ1) is 9.30. The lowest BCUT2D eigenvalue weighted by Crippen LogP contribution is -2.45. The van der Waals surface area contributed by atoms with Crippen LogP contribution in [0.2, 0.25) is 5.02 Å². The zero-order valence-electron chi connectivity index (χ0n) is 11.0. The van der Waals surface area contributed by atoms with Crippen molar-refractivity contribution in [1.29, 1.82) is 0 Å². The highest BCUT2D eigenvalue weighted by molar-refractivity contribution is 6.33. The molecule has 20 heavy (non-hydrogen) atoms. The number of benzene rings is 1. The van der Waals surface area contributed by atoms with Crippen molar-refractivity contribution in [3.63, 3.8) is 0 Å². The van der Waals surface area contributed by atoms with Crippen molar-refractivity contribution in [3.05, 3.63) is 34.3 Å². The van der Waals surface area contributed by atoms with Gasteiger partial charge in [-0.05, 0) is 25.5 Å². The maximum Gasteiger partial charge on any atom is 0.326 e. The Kier molecular flexibility index (Phi) is 3.82. The topological polar surface area (TPSA) is 43.4 Å². The fourth-order valence-corrected chi connectivity index (χ4v) is 2.54. The van der Waals surface area contributed by atoms with E-state index in [9.17, 15) is 18.4 Å². The van der Waals surface area contributed by atoms with Crippen LogP contribution < -0.4 is 0 Å². The highest BCUT2D eigenvalue weighted by Crippen LogP contribution is 2.45. The van der Waals surface area contributed by atoms with Crippen LogP contribution in [0.5, 0.6) is 0 Å². The Morgan fingerprint density at radius 1 is 1.40 bits per heavy atom. The molecule has 6 heteroatoms. The minimum Gasteiger partial charge on any atom is -0.462 e. The molecule has 1 atom stereocenters. The Morgan fingerprint density at radius 3 is 2.55 bits per heavy atom. The van der Waals surface area contributed by atoms with Gasteiger partial charge >= 0.3 is 5.97 Å². The largest absolute Gasteiger partial charge is 0.462 e. The quantitative estimate of drug-likeness (QED) is 0.636. The van der Waals surface area contributed by atoms with Gasteiger partial charge in [0.1, 0.15) is 0 Å². The zero-order chi connectivity index (χ0) is 15.1. The number of ether oxygens (including phenoxy) is 1. The van der Waals surface area contributed by atoms with Crippen LogP contribution in [0.1, 0.15) is 29.8 Å². The van der Waals surface area contributed by atoms with E-state index < -0.39 is 36.1 Å². The summed E-state index contributed by atoms with van der Waals surface area (Å²) in [4.78, 5) is 24.3. The summed E-state index contributed by atoms with van der Waals surface area (Å²) in [6.45, 7) is 3.08. The number of carbonyl (C=O) groups is 2. The summed E-state index contributed by atoms with van der Waals surface area (Å²) in [5.41, 5.74) is -2.13. The summed E-state index contributed by atoms with van der Waals surface area (Å²) in [7, 11) is 0. The third-order valence-corrected chi connectivity index (χ3v) is 3.66. The molecule has 0 amide bonds. The maximum atomic E-state index is 13.5. The Labute approximate surface area is 119 Å². The van der Waals surface area contributed by atoms with Crippen molar-refractivity contribution in [3.8, 4) is 0 Å². The minimum absolute atomic E-state index is 0.0681. The smallest absolute Gasteiger partial charge is 0.326 e. The Balaban J connectivity index is 2.51. The van der Waals surface area contributed by atoms with Gasteiger partial charge in [0.25, 0.3) is 6.43 Å². The second kappa shape index (κ2) is 5.13. The van der Waals surface area contributed by atoms with Crippen LogP contribution in [-0.4, -0.2) is 24.3 Å². The molecule has 0 spiro atoms. The van der Waals surface area contributed by atoms with E-state index in [2.05, 4.69) is 0 Å². The molecule has 3 nitrogen and oxygen atoms in total. The van der Waals surface area contributed by atoms with Gasteiger partial charge in [0, 0.05) is 17.0 Å². The van der Waals surface area contributed by atoms with E-state index in [1.54, 1.807) is 0 Å². The first-order valence-corrected chi connectivity index (χ1v) is 6.50. The molecule has 0 N–H and O–H groups in total. The fourth-order valence-electron chi connectivity index (χ4n) is 2.30. The van der Waals surface area contributed by atoms with Crippen molar-refractivity contribution in [2.75, 3.05) is 0 Å². The number of Topliss-reactive ketones (excluding diaryl/α,β-unsaturated/α-hetero) is 1. The molecular formula is C14H13ClF2O3. The number of esters is 1. The van der Waals surface area contributed by atoms with E-state index in [4.69, 9.17) is 16.3 Å². The number of hydrogen-bond acceptors (Lipinski definition) is 3. The lowest BCUT2D eigenvalue weighted by atomic mass is 9.84. The SMILES string of the molecule is CC(C)OC(=O)C1(C(F)F)Cc2c(Cl)cccc2C1=O. The van der Waals surface area contributed by atoms with Crippen molar-refractivity contribution >= 4 is 23.4 Å². The van der Waals surface area contributed by atoms with E-state index in [0.717, 1.165) is 0 Å². The first kappa shape index (κ1) is 14.9. The average molecular weight is 303 g/mol. The average Bonchev–Trinajstić information content (AvgIpc) is 2.65. The van der Waals surface area contributed by atoms with Gasteiger partial charge in [0.15, 0.2) is 11.2 Å². The van der Waals surface area contributed by atoms with Crippen molar-refractivity contribution in [1.82, 2.24) is 0 Å². The van der Waals surface area contributed by atoms with E-state index in [1.165, 1.54) is 32.0 Å². The highest BCUT2D eigenvalue weighted by Gasteiger charge is 2.60. The molecule has 0 heterocycles. The molecule has 0 fully saturated rings. The maximum absolute atomic E-state index is 13.5. The third kappa shape index (κ3) is 2.10. The number of fused-ring (bicyclic) bond motifs is 1. The molecule has 1 aromatic rings. The van der Waals surface area contributed by atoms with Gasteiger partial charge in [-0.2, -0.15) is 0 Å². The van der Waals surface area contributed by atoms with Gasteiger partial charge in [-0.25, -0.2) is 8.78 Å². The third-order valence-electron chi connectivity index (χ3n) is 3.30. The van der Waals surface area contributed by atoms with E-state index in [0.29, 0.717) is 0 Å². The summed E-state index contributed by atoms with van der Waals surface area (Å²) in [6.07, 6.45) is -4.15. The highest BCUT2D eigenvalue weighted by atomic mass is 35.5. The minimum atomic E-state index is -3.15. The summed E-state index contributed by atoms with van der Waals surface area (Å²) < 4.78 is 31.8. The van der Waals surface area contributed by atoms with Gasteiger partial charge in [-0.3, -0.25) is 9.59 Å². The fraction of sp³-hybridized carbons (Fsp3) is 0.429. The van der Waals surface area contributed by atoms with Crippen LogP contribution in [0.15, 0.2) is 18.2 Å². The Bertz CT molecular complexity index is 572. The second-order valence-corrected chi connectivity index (χ2v) is 5.41. The molecule has 108 valence electrons.